The summed E-state index contributed by atoms with van der Waals surface area (Å²) in [4.78, 5) is 6.92. The minimum atomic E-state index is 0.580. The number of hydrogen-bond donors (Lipinski definition) is 1. The van der Waals surface area contributed by atoms with Crippen LogP contribution in [0.3, 0.4) is 0 Å². The summed E-state index contributed by atoms with van der Waals surface area (Å²) in [6, 6.07) is 4.63. The molecule has 17 heavy (non-hydrogen) atoms. The van der Waals surface area contributed by atoms with E-state index in [0.717, 1.165) is 43.0 Å². The molecule has 2 fully saturated rings. The van der Waals surface area contributed by atoms with E-state index in [9.17, 15) is 0 Å². The fourth-order valence-electron chi connectivity index (χ4n) is 3.13. The molecule has 3 unspecified atom stereocenters. The van der Waals surface area contributed by atoms with Gasteiger partial charge in [-0.3, -0.25) is 0 Å². The lowest BCUT2D eigenvalue weighted by atomic mass is 9.95. The van der Waals surface area contributed by atoms with E-state index in [4.69, 9.17) is 4.74 Å². The second kappa shape index (κ2) is 4.18. The minimum absolute atomic E-state index is 0.580. The van der Waals surface area contributed by atoms with Crippen LogP contribution in [-0.4, -0.2) is 37.8 Å². The molecule has 3 rings (SSSR count). The average molecular weight is 233 g/mol. The van der Waals surface area contributed by atoms with Crippen molar-refractivity contribution < 1.29 is 4.74 Å². The maximum atomic E-state index is 5.14. The van der Waals surface area contributed by atoms with Gasteiger partial charge in [0, 0.05) is 25.7 Å². The van der Waals surface area contributed by atoms with Gasteiger partial charge in [0.1, 0.15) is 11.6 Å². The second-order valence-electron chi connectivity index (χ2n) is 5.03. The second-order valence-corrected chi connectivity index (χ2v) is 5.03. The number of ether oxygens (including phenoxy) is 1. The van der Waals surface area contributed by atoms with Crippen molar-refractivity contribution in [3.63, 3.8) is 0 Å². The van der Waals surface area contributed by atoms with Gasteiger partial charge < -0.3 is 15.0 Å². The van der Waals surface area contributed by atoms with Crippen LogP contribution in [0, 0.1) is 11.8 Å². The molecule has 92 valence electrons. The van der Waals surface area contributed by atoms with Crippen LogP contribution >= 0.6 is 0 Å². The van der Waals surface area contributed by atoms with Crippen LogP contribution in [0.5, 0.6) is 5.75 Å². The molecule has 0 bridgehead atoms. The van der Waals surface area contributed by atoms with E-state index in [2.05, 4.69) is 28.2 Å². The molecule has 3 heterocycles. The molecule has 4 nitrogen and oxygen atoms in total. The van der Waals surface area contributed by atoms with Gasteiger partial charge >= 0.3 is 0 Å². The molecule has 3 atom stereocenters. The fraction of sp³-hybridized carbons (Fsp3) is 0.615. The van der Waals surface area contributed by atoms with Crippen molar-refractivity contribution in [1.82, 2.24) is 10.3 Å². The maximum Gasteiger partial charge on any atom is 0.137 e. The third-order valence-corrected chi connectivity index (χ3v) is 4.19. The van der Waals surface area contributed by atoms with Gasteiger partial charge in [0.15, 0.2) is 0 Å². The molecule has 0 saturated carbocycles. The Labute approximate surface area is 102 Å². The monoisotopic (exact) mass is 233 g/mol. The Morgan fingerprint density at radius 2 is 2.29 bits per heavy atom. The van der Waals surface area contributed by atoms with Gasteiger partial charge in [0.05, 0.1) is 13.3 Å². The van der Waals surface area contributed by atoms with Crippen molar-refractivity contribution >= 4 is 5.82 Å². The highest BCUT2D eigenvalue weighted by molar-refractivity contribution is 5.44. The zero-order valence-electron chi connectivity index (χ0n) is 10.4. The summed E-state index contributed by atoms with van der Waals surface area (Å²) in [5, 5.41) is 3.48. The van der Waals surface area contributed by atoms with Crippen molar-refractivity contribution in [3.05, 3.63) is 18.3 Å². The number of nitrogens with one attached hydrogen (secondary N) is 1. The summed E-state index contributed by atoms with van der Waals surface area (Å²) >= 11 is 0. The predicted molar refractivity (Wildman–Crippen MR) is 67.4 cm³/mol. The topological polar surface area (TPSA) is 37.4 Å². The van der Waals surface area contributed by atoms with Crippen LogP contribution in [0.1, 0.15) is 6.92 Å². The quantitative estimate of drug-likeness (QED) is 0.831. The highest BCUT2D eigenvalue weighted by atomic mass is 16.5. The van der Waals surface area contributed by atoms with Gasteiger partial charge in [-0.1, -0.05) is 0 Å². The van der Waals surface area contributed by atoms with Gasteiger partial charge in [0.25, 0.3) is 0 Å². The van der Waals surface area contributed by atoms with E-state index in [0.29, 0.717) is 6.04 Å². The van der Waals surface area contributed by atoms with Crippen molar-refractivity contribution in [1.29, 1.82) is 0 Å². The molecule has 0 aromatic carbocycles. The molecule has 0 spiro atoms. The molecule has 0 amide bonds. The number of methoxy groups -OCH3 is 1. The first-order chi connectivity index (χ1) is 8.29. The lowest BCUT2D eigenvalue weighted by Gasteiger charge is -2.25. The highest BCUT2D eigenvalue weighted by Crippen LogP contribution is 2.35. The fourth-order valence-corrected chi connectivity index (χ4v) is 3.13. The molecule has 2 saturated heterocycles. The summed E-state index contributed by atoms with van der Waals surface area (Å²) in [5.74, 6) is 3.46. The van der Waals surface area contributed by atoms with Crippen molar-refractivity contribution in [2.45, 2.75) is 13.0 Å². The Hall–Kier alpha value is -1.29. The summed E-state index contributed by atoms with van der Waals surface area (Å²) in [6.07, 6.45) is 1.80. The third-order valence-electron chi connectivity index (χ3n) is 4.19. The average Bonchev–Trinajstić information content (AvgIpc) is 2.93. The molecular weight excluding hydrogens is 214 g/mol. The molecule has 4 heteroatoms. The van der Waals surface area contributed by atoms with Crippen molar-refractivity contribution in [3.8, 4) is 5.75 Å². The first-order valence-corrected chi connectivity index (χ1v) is 6.27. The minimum Gasteiger partial charge on any atom is -0.495 e. The standard InChI is InChI=1S/C13H19N3O/c1-9-12-7-14-5-10(12)8-16(9)13-4-3-11(17-2)6-15-13/h3-4,6,9-10,12,14H,5,7-8H2,1-2H3. The Morgan fingerprint density at radius 3 is 2.94 bits per heavy atom. The molecule has 1 N–H and O–H groups in total. The molecule has 1 aromatic heterocycles. The largest absolute Gasteiger partial charge is 0.495 e. The number of rotatable bonds is 2. The smallest absolute Gasteiger partial charge is 0.137 e. The third kappa shape index (κ3) is 1.76. The first-order valence-electron chi connectivity index (χ1n) is 6.27. The SMILES string of the molecule is COc1ccc(N2CC3CNCC3C2C)nc1. The van der Waals surface area contributed by atoms with E-state index in [1.54, 1.807) is 13.3 Å². The Morgan fingerprint density at radius 1 is 1.41 bits per heavy atom. The summed E-state index contributed by atoms with van der Waals surface area (Å²) in [7, 11) is 1.67. The van der Waals surface area contributed by atoms with Gasteiger partial charge in [-0.25, -0.2) is 4.98 Å². The maximum absolute atomic E-state index is 5.14. The number of aromatic nitrogens is 1. The summed E-state index contributed by atoms with van der Waals surface area (Å²) in [5.41, 5.74) is 0. The molecule has 0 aliphatic carbocycles. The highest BCUT2D eigenvalue weighted by Gasteiger charge is 2.42. The summed E-state index contributed by atoms with van der Waals surface area (Å²) < 4.78 is 5.14. The van der Waals surface area contributed by atoms with Crippen LogP contribution in [0.2, 0.25) is 0 Å². The van der Waals surface area contributed by atoms with Crippen LogP contribution in [0.15, 0.2) is 18.3 Å². The van der Waals surface area contributed by atoms with Crippen molar-refractivity contribution in [2.75, 3.05) is 31.6 Å². The van der Waals surface area contributed by atoms with Gasteiger partial charge in [-0.05, 0) is 30.9 Å². The predicted octanol–water partition coefficient (Wildman–Crippen LogP) is 1.13. The zero-order chi connectivity index (χ0) is 11.8. The van der Waals surface area contributed by atoms with Crippen LogP contribution in [-0.2, 0) is 0 Å². The molecule has 0 radical (unpaired) electrons. The van der Waals surface area contributed by atoms with Gasteiger partial charge in [0.2, 0.25) is 0 Å². The van der Waals surface area contributed by atoms with Crippen LogP contribution < -0.4 is 15.0 Å². The Kier molecular flexibility index (Phi) is 2.67. The Bertz CT molecular complexity index is 392. The van der Waals surface area contributed by atoms with E-state index >= 15 is 0 Å². The van der Waals surface area contributed by atoms with Crippen LogP contribution in [0.4, 0.5) is 5.82 Å². The number of anilines is 1. The van der Waals surface area contributed by atoms with Crippen molar-refractivity contribution in [2.24, 2.45) is 11.8 Å². The van der Waals surface area contributed by atoms with E-state index in [1.165, 1.54) is 0 Å². The molecule has 2 aliphatic rings. The Balaban J connectivity index is 1.80. The lowest BCUT2D eigenvalue weighted by Crippen LogP contribution is -2.33. The van der Waals surface area contributed by atoms with E-state index in [1.807, 2.05) is 6.07 Å². The van der Waals surface area contributed by atoms with E-state index < -0.39 is 0 Å². The molecular formula is C13H19N3O. The van der Waals surface area contributed by atoms with Crippen LogP contribution in [0.25, 0.3) is 0 Å². The van der Waals surface area contributed by atoms with Gasteiger partial charge in [-0.15, -0.1) is 0 Å². The van der Waals surface area contributed by atoms with E-state index in [-0.39, 0.29) is 0 Å². The normalized spacial score (nSPS) is 31.6. The molecule has 1 aromatic rings. The zero-order valence-corrected chi connectivity index (χ0v) is 10.4. The number of pyridine rings is 1. The summed E-state index contributed by atoms with van der Waals surface area (Å²) in [6.45, 7) is 5.74. The number of nitrogens with zero attached hydrogens (tertiary/aromatic N) is 2. The number of hydrogen-bond acceptors (Lipinski definition) is 4. The number of fused-ring (bicyclic) bond motifs is 1. The lowest BCUT2D eigenvalue weighted by molar-refractivity contribution is 0.412. The first kappa shape index (κ1) is 10.8. The molecule has 2 aliphatic heterocycles. The van der Waals surface area contributed by atoms with Gasteiger partial charge in [-0.2, -0.15) is 0 Å².